The number of hydrogen-bond donors (Lipinski definition) is 2. The van der Waals surface area contributed by atoms with Crippen LogP contribution in [0.5, 0.6) is 11.5 Å². The SMILES string of the molecule is C=CCOc1c(Br)cc(CNCCc2c[nH]c3ccccc23)cc1OC.Cl. The van der Waals surface area contributed by atoms with E-state index in [9.17, 15) is 0 Å². The average molecular weight is 452 g/mol. The number of ether oxygens (including phenoxy) is 2. The molecule has 0 radical (unpaired) electrons. The Hall–Kier alpha value is -1.95. The number of H-pyrrole nitrogens is 1. The molecule has 0 aliphatic heterocycles. The van der Waals surface area contributed by atoms with Crippen LogP contribution in [-0.4, -0.2) is 25.2 Å². The van der Waals surface area contributed by atoms with Crippen LogP contribution >= 0.6 is 28.3 Å². The largest absolute Gasteiger partial charge is 0.493 e. The van der Waals surface area contributed by atoms with E-state index >= 15 is 0 Å². The summed E-state index contributed by atoms with van der Waals surface area (Å²) in [7, 11) is 1.65. The molecule has 1 heterocycles. The first-order valence-electron chi connectivity index (χ1n) is 8.58. The number of hydrogen-bond acceptors (Lipinski definition) is 3. The van der Waals surface area contributed by atoms with Crippen LogP contribution in [0, 0.1) is 0 Å². The van der Waals surface area contributed by atoms with Crippen molar-refractivity contribution >= 4 is 39.2 Å². The molecule has 6 heteroatoms. The number of rotatable bonds is 9. The van der Waals surface area contributed by atoms with E-state index in [0.29, 0.717) is 12.4 Å². The van der Waals surface area contributed by atoms with Gasteiger partial charge in [0.05, 0.1) is 11.6 Å². The highest BCUT2D eigenvalue weighted by atomic mass is 79.9. The highest BCUT2D eigenvalue weighted by molar-refractivity contribution is 9.10. The van der Waals surface area contributed by atoms with E-state index in [1.165, 1.54) is 16.5 Å². The lowest BCUT2D eigenvalue weighted by Crippen LogP contribution is -2.16. The molecule has 0 bridgehead atoms. The van der Waals surface area contributed by atoms with Crippen molar-refractivity contribution in [2.24, 2.45) is 0 Å². The average Bonchev–Trinajstić information content (AvgIpc) is 3.07. The van der Waals surface area contributed by atoms with E-state index in [1.54, 1.807) is 13.2 Å². The Bertz CT molecular complexity index is 895. The zero-order valence-corrected chi connectivity index (χ0v) is 17.7. The second-order valence-corrected chi connectivity index (χ2v) is 6.85. The summed E-state index contributed by atoms with van der Waals surface area (Å²) >= 11 is 3.57. The van der Waals surface area contributed by atoms with Gasteiger partial charge < -0.3 is 19.8 Å². The van der Waals surface area contributed by atoms with Crippen LogP contribution in [0.15, 0.2) is 59.7 Å². The van der Waals surface area contributed by atoms with Crippen molar-refractivity contribution in [2.45, 2.75) is 13.0 Å². The Morgan fingerprint density at radius 1 is 1.26 bits per heavy atom. The van der Waals surface area contributed by atoms with Gasteiger partial charge in [-0.3, -0.25) is 0 Å². The van der Waals surface area contributed by atoms with E-state index in [1.807, 2.05) is 6.07 Å². The Morgan fingerprint density at radius 2 is 2.07 bits per heavy atom. The minimum Gasteiger partial charge on any atom is -0.493 e. The first kappa shape index (κ1) is 21.4. The predicted octanol–water partition coefficient (Wildman–Crippen LogP) is 5.26. The molecule has 0 spiro atoms. The van der Waals surface area contributed by atoms with Crippen molar-refractivity contribution < 1.29 is 9.47 Å². The van der Waals surface area contributed by atoms with Crippen LogP contribution < -0.4 is 14.8 Å². The predicted molar refractivity (Wildman–Crippen MR) is 117 cm³/mol. The Balaban J connectivity index is 0.00000261. The number of para-hydroxylation sites is 1. The number of benzene rings is 2. The molecule has 0 atom stereocenters. The molecule has 3 rings (SSSR count). The van der Waals surface area contributed by atoms with Crippen molar-refractivity contribution in [1.29, 1.82) is 0 Å². The Labute approximate surface area is 174 Å². The van der Waals surface area contributed by atoms with Crippen molar-refractivity contribution in [3.63, 3.8) is 0 Å². The van der Waals surface area contributed by atoms with Crippen LogP contribution in [0.25, 0.3) is 10.9 Å². The summed E-state index contributed by atoms with van der Waals surface area (Å²) in [5, 5.41) is 4.79. The fraction of sp³-hybridized carbons (Fsp3) is 0.238. The number of halogens is 2. The summed E-state index contributed by atoms with van der Waals surface area (Å²) in [5.74, 6) is 1.42. The molecular weight excluding hydrogens is 428 g/mol. The van der Waals surface area contributed by atoms with Gasteiger partial charge in [0.1, 0.15) is 6.61 Å². The van der Waals surface area contributed by atoms with Gasteiger partial charge in [0, 0.05) is 23.6 Å². The molecule has 0 unspecified atom stereocenters. The first-order chi connectivity index (χ1) is 12.7. The number of nitrogens with one attached hydrogen (secondary N) is 2. The Morgan fingerprint density at radius 3 is 2.85 bits per heavy atom. The van der Waals surface area contributed by atoms with Gasteiger partial charge in [-0.1, -0.05) is 30.9 Å². The first-order valence-corrected chi connectivity index (χ1v) is 9.38. The topological polar surface area (TPSA) is 46.3 Å². The van der Waals surface area contributed by atoms with Crippen LogP contribution in [-0.2, 0) is 13.0 Å². The zero-order valence-electron chi connectivity index (χ0n) is 15.3. The molecule has 4 nitrogen and oxygen atoms in total. The number of aromatic nitrogens is 1. The maximum atomic E-state index is 5.66. The molecular formula is C21H24BrClN2O2. The van der Waals surface area contributed by atoms with Gasteiger partial charge in [-0.15, -0.1) is 12.4 Å². The number of aromatic amines is 1. The third-order valence-electron chi connectivity index (χ3n) is 4.21. The molecule has 0 aliphatic rings. The van der Waals surface area contributed by atoms with Crippen LogP contribution in [0.2, 0.25) is 0 Å². The van der Waals surface area contributed by atoms with Crippen LogP contribution in [0.3, 0.4) is 0 Å². The molecule has 2 N–H and O–H groups in total. The van der Waals surface area contributed by atoms with Gasteiger partial charge in [0.15, 0.2) is 11.5 Å². The fourth-order valence-corrected chi connectivity index (χ4v) is 3.56. The maximum Gasteiger partial charge on any atom is 0.175 e. The highest BCUT2D eigenvalue weighted by Crippen LogP contribution is 2.36. The van der Waals surface area contributed by atoms with Gasteiger partial charge >= 0.3 is 0 Å². The van der Waals surface area contributed by atoms with Crippen LogP contribution in [0.4, 0.5) is 0 Å². The van der Waals surface area contributed by atoms with Crippen molar-refractivity contribution in [3.05, 3.63) is 70.8 Å². The lowest BCUT2D eigenvalue weighted by Gasteiger charge is -2.14. The maximum absolute atomic E-state index is 5.66. The monoisotopic (exact) mass is 450 g/mol. The summed E-state index contributed by atoms with van der Waals surface area (Å²) < 4.78 is 12.0. The van der Waals surface area contributed by atoms with E-state index < -0.39 is 0 Å². The van der Waals surface area contributed by atoms with E-state index in [4.69, 9.17) is 9.47 Å². The summed E-state index contributed by atoms with van der Waals surface area (Å²) in [5.41, 5.74) is 3.66. The van der Waals surface area contributed by atoms with Gasteiger partial charge in [-0.05, 0) is 58.2 Å². The number of fused-ring (bicyclic) bond motifs is 1. The van der Waals surface area contributed by atoms with Crippen molar-refractivity contribution in [1.82, 2.24) is 10.3 Å². The fourth-order valence-electron chi connectivity index (χ4n) is 2.95. The van der Waals surface area contributed by atoms with Crippen molar-refractivity contribution in [3.8, 4) is 11.5 Å². The lowest BCUT2D eigenvalue weighted by molar-refractivity contribution is 0.324. The molecule has 0 amide bonds. The molecule has 1 aromatic heterocycles. The summed E-state index contributed by atoms with van der Waals surface area (Å²) in [6.07, 6.45) is 4.78. The quantitative estimate of drug-likeness (QED) is 0.345. The Kier molecular flexibility index (Phi) is 8.23. The standard InChI is InChI=1S/C21H23BrN2O2.ClH/c1-3-10-26-21-18(22)11-15(12-20(21)25-2)13-23-9-8-16-14-24-19-7-5-4-6-17(16)19;/h3-7,11-12,14,23-24H,1,8-10,13H2,2H3;1H. The second kappa shape index (κ2) is 10.4. The van der Waals surface area contributed by atoms with Gasteiger partial charge in [0.25, 0.3) is 0 Å². The third kappa shape index (κ3) is 5.28. The molecule has 0 fully saturated rings. The zero-order chi connectivity index (χ0) is 18.4. The van der Waals surface area contributed by atoms with E-state index in [2.05, 4.69) is 69.3 Å². The highest BCUT2D eigenvalue weighted by Gasteiger charge is 2.11. The van der Waals surface area contributed by atoms with E-state index in [-0.39, 0.29) is 12.4 Å². The summed E-state index contributed by atoms with van der Waals surface area (Å²) in [6, 6.07) is 12.4. The molecule has 27 heavy (non-hydrogen) atoms. The van der Waals surface area contributed by atoms with Crippen molar-refractivity contribution in [2.75, 3.05) is 20.3 Å². The molecule has 0 saturated carbocycles. The smallest absolute Gasteiger partial charge is 0.175 e. The summed E-state index contributed by atoms with van der Waals surface area (Å²) in [6.45, 7) is 5.78. The van der Waals surface area contributed by atoms with Crippen LogP contribution in [0.1, 0.15) is 11.1 Å². The third-order valence-corrected chi connectivity index (χ3v) is 4.80. The van der Waals surface area contributed by atoms with Gasteiger partial charge in [-0.25, -0.2) is 0 Å². The van der Waals surface area contributed by atoms with E-state index in [0.717, 1.165) is 35.3 Å². The number of methoxy groups -OCH3 is 1. The van der Waals surface area contributed by atoms with Gasteiger partial charge in [-0.2, -0.15) is 0 Å². The summed E-state index contributed by atoms with van der Waals surface area (Å²) in [4.78, 5) is 3.32. The molecule has 2 aromatic carbocycles. The normalized spacial score (nSPS) is 10.4. The minimum absolute atomic E-state index is 0. The lowest BCUT2D eigenvalue weighted by atomic mass is 10.1. The molecule has 0 aliphatic carbocycles. The second-order valence-electron chi connectivity index (χ2n) is 5.99. The molecule has 144 valence electrons. The molecule has 0 saturated heterocycles. The molecule has 3 aromatic rings. The minimum atomic E-state index is 0. The van der Waals surface area contributed by atoms with Gasteiger partial charge in [0.2, 0.25) is 0 Å².